The average Bonchev–Trinajstić information content (AvgIpc) is 2.76. The average molecular weight is 242 g/mol. The molecule has 0 fully saturated rings. The van der Waals surface area contributed by atoms with E-state index >= 15 is 0 Å². The number of alkyl halides is 1. The first kappa shape index (κ1) is 11.5. The molecule has 1 atom stereocenters. The minimum atomic E-state index is 0.0743. The van der Waals surface area contributed by atoms with Crippen molar-refractivity contribution in [3.05, 3.63) is 18.2 Å². The lowest BCUT2D eigenvalue weighted by atomic mass is 9.97. The number of halogens is 1. The third-order valence-electron chi connectivity index (χ3n) is 2.93. The molecule has 1 aliphatic rings. The van der Waals surface area contributed by atoms with Crippen molar-refractivity contribution in [3.8, 4) is 0 Å². The number of hydrogen-bond acceptors (Lipinski definition) is 2. The maximum atomic E-state index is 11.8. The van der Waals surface area contributed by atoms with Gasteiger partial charge >= 0.3 is 0 Å². The molecule has 4 nitrogen and oxygen atoms in total. The maximum absolute atomic E-state index is 11.8. The largest absolute Gasteiger partial charge is 0.356 e. The predicted molar refractivity (Wildman–Crippen MR) is 62.4 cm³/mol. The number of imidazole rings is 1. The van der Waals surface area contributed by atoms with Gasteiger partial charge < -0.3 is 9.88 Å². The van der Waals surface area contributed by atoms with Gasteiger partial charge in [-0.15, -0.1) is 11.6 Å². The van der Waals surface area contributed by atoms with Crippen LogP contribution in [0, 0.1) is 5.92 Å². The minimum absolute atomic E-state index is 0.0743. The molecule has 1 aromatic rings. The van der Waals surface area contributed by atoms with Gasteiger partial charge in [-0.2, -0.15) is 0 Å². The van der Waals surface area contributed by atoms with Crippen molar-refractivity contribution in [2.75, 3.05) is 12.4 Å². The quantitative estimate of drug-likeness (QED) is 0.636. The van der Waals surface area contributed by atoms with E-state index in [1.54, 1.807) is 6.20 Å². The van der Waals surface area contributed by atoms with Gasteiger partial charge in [0.2, 0.25) is 5.91 Å². The standard InChI is InChI=1S/C11H16ClN3O/c12-3-1-4-14-11(16)9-2-6-15-7-5-13-10(15)8-9/h5,7,9H,1-4,6,8H2,(H,14,16). The van der Waals surface area contributed by atoms with E-state index in [4.69, 9.17) is 11.6 Å². The zero-order valence-corrected chi connectivity index (χ0v) is 9.91. The molecule has 0 saturated heterocycles. The molecule has 1 amide bonds. The number of carbonyl (C=O) groups is 1. The van der Waals surface area contributed by atoms with Crippen molar-refractivity contribution in [3.63, 3.8) is 0 Å². The molecule has 0 saturated carbocycles. The fourth-order valence-electron chi connectivity index (χ4n) is 2.00. The Hall–Kier alpha value is -1.03. The maximum Gasteiger partial charge on any atom is 0.223 e. The molecule has 1 unspecified atom stereocenters. The van der Waals surface area contributed by atoms with Gasteiger partial charge in [0, 0.05) is 43.7 Å². The lowest BCUT2D eigenvalue weighted by molar-refractivity contribution is -0.125. The predicted octanol–water partition coefficient (Wildman–Crippen LogP) is 1.19. The third-order valence-corrected chi connectivity index (χ3v) is 3.20. The number of fused-ring (bicyclic) bond motifs is 1. The number of nitrogens with one attached hydrogen (secondary N) is 1. The summed E-state index contributed by atoms with van der Waals surface area (Å²) < 4.78 is 2.11. The van der Waals surface area contributed by atoms with Crippen LogP contribution < -0.4 is 5.32 Å². The van der Waals surface area contributed by atoms with E-state index in [0.717, 1.165) is 31.6 Å². The Morgan fingerprint density at radius 2 is 2.56 bits per heavy atom. The number of amides is 1. The van der Waals surface area contributed by atoms with Crippen LogP contribution >= 0.6 is 11.6 Å². The van der Waals surface area contributed by atoms with Crippen molar-refractivity contribution < 1.29 is 4.79 Å². The first-order chi connectivity index (χ1) is 7.81. The second kappa shape index (κ2) is 5.34. The highest BCUT2D eigenvalue weighted by molar-refractivity contribution is 6.17. The Balaban J connectivity index is 1.86. The third kappa shape index (κ3) is 2.55. The number of aromatic nitrogens is 2. The zero-order chi connectivity index (χ0) is 11.4. The molecule has 2 rings (SSSR count). The molecular formula is C11H16ClN3O. The molecule has 0 aromatic carbocycles. The van der Waals surface area contributed by atoms with Crippen LogP contribution in [0.5, 0.6) is 0 Å². The summed E-state index contributed by atoms with van der Waals surface area (Å²) in [5, 5.41) is 2.92. The highest BCUT2D eigenvalue weighted by Gasteiger charge is 2.24. The second-order valence-corrected chi connectivity index (χ2v) is 4.44. The molecule has 1 N–H and O–H groups in total. The van der Waals surface area contributed by atoms with Gasteiger partial charge in [0.05, 0.1) is 0 Å². The van der Waals surface area contributed by atoms with Crippen molar-refractivity contribution >= 4 is 17.5 Å². The number of carbonyl (C=O) groups excluding carboxylic acids is 1. The SMILES string of the molecule is O=C(NCCCCl)C1CCn2ccnc2C1. The van der Waals surface area contributed by atoms with Crippen molar-refractivity contribution in [2.24, 2.45) is 5.92 Å². The molecule has 0 spiro atoms. The van der Waals surface area contributed by atoms with Crippen LogP contribution in [0.4, 0.5) is 0 Å². The summed E-state index contributed by atoms with van der Waals surface area (Å²) in [6.07, 6.45) is 6.24. The smallest absolute Gasteiger partial charge is 0.223 e. The van der Waals surface area contributed by atoms with Crippen molar-refractivity contribution in [1.82, 2.24) is 14.9 Å². The monoisotopic (exact) mass is 241 g/mol. The number of hydrogen-bond donors (Lipinski definition) is 1. The van der Waals surface area contributed by atoms with Gasteiger partial charge in [-0.1, -0.05) is 0 Å². The van der Waals surface area contributed by atoms with E-state index in [-0.39, 0.29) is 11.8 Å². The Labute approximate surface area is 100.0 Å². The fraction of sp³-hybridized carbons (Fsp3) is 0.636. The van der Waals surface area contributed by atoms with Crippen LogP contribution in [0.3, 0.4) is 0 Å². The summed E-state index contributed by atoms with van der Waals surface area (Å²) in [7, 11) is 0. The Bertz CT molecular complexity index is 364. The molecule has 1 aromatic heterocycles. The molecule has 0 aliphatic carbocycles. The molecule has 88 valence electrons. The number of nitrogens with zero attached hydrogens (tertiary/aromatic N) is 2. The van der Waals surface area contributed by atoms with Gasteiger partial charge in [0.1, 0.15) is 5.82 Å². The van der Waals surface area contributed by atoms with Crippen LogP contribution in [0.2, 0.25) is 0 Å². The second-order valence-electron chi connectivity index (χ2n) is 4.06. The van der Waals surface area contributed by atoms with Gasteiger partial charge in [0.15, 0.2) is 0 Å². The Kier molecular flexibility index (Phi) is 3.83. The van der Waals surface area contributed by atoms with Crippen LogP contribution in [-0.4, -0.2) is 27.9 Å². The topological polar surface area (TPSA) is 46.9 Å². The van der Waals surface area contributed by atoms with Crippen LogP contribution in [-0.2, 0) is 17.8 Å². The van der Waals surface area contributed by atoms with E-state index in [1.807, 2.05) is 6.20 Å². The van der Waals surface area contributed by atoms with E-state index in [1.165, 1.54) is 0 Å². The lowest BCUT2D eigenvalue weighted by Crippen LogP contribution is -2.35. The normalized spacial score (nSPS) is 19.2. The summed E-state index contributed by atoms with van der Waals surface area (Å²) in [5.41, 5.74) is 0. The summed E-state index contributed by atoms with van der Waals surface area (Å²) in [5.74, 6) is 1.82. The summed E-state index contributed by atoms with van der Waals surface area (Å²) in [6.45, 7) is 1.57. The number of aryl methyl sites for hydroxylation is 1. The van der Waals surface area contributed by atoms with Gasteiger partial charge in [-0.3, -0.25) is 4.79 Å². The van der Waals surface area contributed by atoms with Crippen molar-refractivity contribution in [1.29, 1.82) is 0 Å². The summed E-state index contributed by atoms with van der Waals surface area (Å²) >= 11 is 5.56. The van der Waals surface area contributed by atoms with Gasteiger partial charge in [0.25, 0.3) is 0 Å². The lowest BCUT2D eigenvalue weighted by Gasteiger charge is -2.22. The molecule has 0 radical (unpaired) electrons. The van der Waals surface area contributed by atoms with Crippen LogP contribution in [0.15, 0.2) is 12.4 Å². The summed E-state index contributed by atoms with van der Waals surface area (Å²) in [4.78, 5) is 16.1. The van der Waals surface area contributed by atoms with Gasteiger partial charge in [-0.05, 0) is 12.8 Å². The molecule has 16 heavy (non-hydrogen) atoms. The highest BCUT2D eigenvalue weighted by atomic mass is 35.5. The zero-order valence-electron chi connectivity index (χ0n) is 9.16. The van der Waals surface area contributed by atoms with E-state index in [0.29, 0.717) is 12.4 Å². The Morgan fingerprint density at radius 1 is 1.69 bits per heavy atom. The molecule has 5 heteroatoms. The molecule has 2 heterocycles. The van der Waals surface area contributed by atoms with Gasteiger partial charge in [-0.25, -0.2) is 4.98 Å². The van der Waals surface area contributed by atoms with Crippen LogP contribution in [0.1, 0.15) is 18.7 Å². The van der Waals surface area contributed by atoms with Crippen molar-refractivity contribution in [2.45, 2.75) is 25.8 Å². The molecular weight excluding hydrogens is 226 g/mol. The molecule has 0 bridgehead atoms. The number of rotatable bonds is 4. The first-order valence-electron chi connectivity index (χ1n) is 5.65. The fourth-order valence-corrected chi connectivity index (χ4v) is 2.13. The van der Waals surface area contributed by atoms with E-state index in [9.17, 15) is 4.79 Å². The van der Waals surface area contributed by atoms with Crippen LogP contribution in [0.25, 0.3) is 0 Å². The van der Waals surface area contributed by atoms with E-state index in [2.05, 4.69) is 14.9 Å². The summed E-state index contributed by atoms with van der Waals surface area (Å²) in [6, 6.07) is 0. The highest BCUT2D eigenvalue weighted by Crippen LogP contribution is 2.18. The first-order valence-corrected chi connectivity index (χ1v) is 6.18. The van der Waals surface area contributed by atoms with E-state index < -0.39 is 0 Å². The molecule has 1 aliphatic heterocycles. The minimum Gasteiger partial charge on any atom is -0.356 e. The Morgan fingerprint density at radius 3 is 3.38 bits per heavy atom.